The molecule has 0 aliphatic heterocycles. The van der Waals surface area contributed by atoms with Crippen molar-refractivity contribution >= 4 is 40.9 Å². The molecule has 9 heteroatoms. The van der Waals surface area contributed by atoms with Crippen molar-refractivity contribution in [2.45, 2.75) is 17.6 Å². The van der Waals surface area contributed by atoms with Gasteiger partial charge in [-0.25, -0.2) is 0 Å². The molecule has 0 saturated heterocycles. The van der Waals surface area contributed by atoms with E-state index in [-0.39, 0.29) is 18.9 Å². The molecular formula is C10H15LiO7S. The Morgan fingerprint density at radius 2 is 1.68 bits per heavy atom. The van der Waals surface area contributed by atoms with Crippen LogP contribution in [0.1, 0.15) is 12.8 Å². The van der Waals surface area contributed by atoms with Gasteiger partial charge in [-0.05, 0) is 12.8 Å². The van der Waals surface area contributed by atoms with E-state index in [4.69, 9.17) is 14.8 Å². The quantitative estimate of drug-likeness (QED) is 0.323. The zero-order valence-corrected chi connectivity index (χ0v) is 10.3. The average Bonchev–Trinajstić information content (AvgIpc) is 2.20. The summed E-state index contributed by atoms with van der Waals surface area (Å²) in [6.45, 7) is 6.42. The fraction of sp³-hybridized carbons (Fsp3) is 0.400. The molecule has 0 aliphatic rings. The monoisotopic (exact) mass is 286 g/mol. The third kappa shape index (κ3) is 3.94. The third-order valence-electron chi connectivity index (χ3n) is 2.53. The number of carboxylic acids is 2. The van der Waals surface area contributed by atoms with Crippen LogP contribution in [-0.2, 0) is 19.7 Å². The zero-order valence-electron chi connectivity index (χ0n) is 9.44. The normalized spacial score (nSPS) is 15.4. The van der Waals surface area contributed by atoms with Gasteiger partial charge in [0.05, 0.1) is 5.92 Å². The predicted octanol–water partition coefficient (Wildman–Crippen LogP) is -0.0979. The van der Waals surface area contributed by atoms with Gasteiger partial charge < -0.3 is 10.2 Å². The second-order valence-corrected chi connectivity index (χ2v) is 5.26. The number of rotatable bonds is 8. The minimum absolute atomic E-state index is 0. The van der Waals surface area contributed by atoms with Crippen LogP contribution in [0.25, 0.3) is 0 Å². The third-order valence-corrected chi connectivity index (χ3v) is 4.08. The van der Waals surface area contributed by atoms with Crippen LogP contribution in [0.15, 0.2) is 25.3 Å². The van der Waals surface area contributed by atoms with Crippen molar-refractivity contribution in [1.29, 1.82) is 0 Å². The van der Waals surface area contributed by atoms with Crippen molar-refractivity contribution in [3.63, 3.8) is 0 Å². The number of hydrogen-bond donors (Lipinski definition) is 3. The van der Waals surface area contributed by atoms with Crippen LogP contribution in [0.5, 0.6) is 0 Å². The Balaban J connectivity index is 0. The van der Waals surface area contributed by atoms with Gasteiger partial charge in [0.15, 0.2) is 0 Å². The molecule has 0 aromatic heterocycles. The van der Waals surface area contributed by atoms with Gasteiger partial charge in [-0.1, -0.05) is 12.2 Å². The van der Waals surface area contributed by atoms with Crippen LogP contribution < -0.4 is 0 Å². The van der Waals surface area contributed by atoms with Crippen LogP contribution in [0, 0.1) is 5.92 Å². The van der Waals surface area contributed by atoms with E-state index >= 15 is 0 Å². The Morgan fingerprint density at radius 3 is 1.89 bits per heavy atom. The molecule has 0 amide bonds. The fourth-order valence-corrected chi connectivity index (χ4v) is 2.75. The molecule has 0 radical (unpaired) electrons. The summed E-state index contributed by atoms with van der Waals surface area (Å²) in [7, 11) is -5.15. The summed E-state index contributed by atoms with van der Waals surface area (Å²) in [5, 5.41) is 18.0. The number of carbonyl (C=O) groups is 2. The summed E-state index contributed by atoms with van der Waals surface area (Å²) in [6.07, 6.45) is 0.854. The van der Waals surface area contributed by atoms with Gasteiger partial charge in [0, 0.05) is 0 Å². The number of allylic oxidation sites excluding steroid dienone is 2. The van der Waals surface area contributed by atoms with Crippen LogP contribution >= 0.6 is 0 Å². The molecule has 0 heterocycles. The molecule has 0 aromatic rings. The van der Waals surface area contributed by atoms with Gasteiger partial charge in [-0.3, -0.25) is 14.1 Å². The Bertz CT molecular complexity index is 470. The molecule has 104 valence electrons. The van der Waals surface area contributed by atoms with Crippen molar-refractivity contribution in [2.24, 2.45) is 5.92 Å². The molecule has 0 bridgehead atoms. The second kappa shape index (κ2) is 7.50. The molecule has 2 unspecified atom stereocenters. The molecule has 19 heavy (non-hydrogen) atoms. The van der Waals surface area contributed by atoms with E-state index < -0.39 is 45.6 Å². The van der Waals surface area contributed by atoms with E-state index in [1.54, 1.807) is 0 Å². The van der Waals surface area contributed by atoms with Crippen LogP contribution in [0.2, 0.25) is 0 Å². The van der Waals surface area contributed by atoms with E-state index in [2.05, 4.69) is 13.2 Å². The topological polar surface area (TPSA) is 129 Å². The van der Waals surface area contributed by atoms with Crippen molar-refractivity contribution in [3.05, 3.63) is 25.3 Å². The molecule has 7 nitrogen and oxygen atoms in total. The average molecular weight is 286 g/mol. The first-order valence-electron chi connectivity index (χ1n) is 4.80. The van der Waals surface area contributed by atoms with Gasteiger partial charge in [0.25, 0.3) is 10.1 Å². The van der Waals surface area contributed by atoms with Gasteiger partial charge in [-0.2, -0.15) is 8.42 Å². The summed E-state index contributed by atoms with van der Waals surface area (Å²) in [6, 6.07) is 0. The molecule has 2 atom stereocenters. The van der Waals surface area contributed by atoms with Crippen LogP contribution in [-0.4, -0.2) is 58.7 Å². The minimum atomic E-state index is -5.15. The van der Waals surface area contributed by atoms with Crippen molar-refractivity contribution < 1.29 is 32.8 Å². The first kappa shape index (κ1) is 20.2. The molecule has 3 N–H and O–H groups in total. The maximum atomic E-state index is 11.3. The van der Waals surface area contributed by atoms with E-state index in [0.29, 0.717) is 0 Å². The first-order valence-corrected chi connectivity index (χ1v) is 6.24. The first-order chi connectivity index (χ1) is 8.15. The molecule has 0 rings (SSSR count). The fourth-order valence-electron chi connectivity index (χ4n) is 1.65. The van der Waals surface area contributed by atoms with Gasteiger partial charge >= 0.3 is 30.8 Å². The van der Waals surface area contributed by atoms with Gasteiger partial charge in [0.2, 0.25) is 4.75 Å². The Hall–Kier alpha value is -1.07. The Morgan fingerprint density at radius 1 is 1.21 bits per heavy atom. The van der Waals surface area contributed by atoms with Crippen molar-refractivity contribution in [2.75, 3.05) is 0 Å². The van der Waals surface area contributed by atoms with Crippen molar-refractivity contribution in [3.8, 4) is 0 Å². The summed E-state index contributed by atoms with van der Waals surface area (Å²) >= 11 is 0. The number of carboxylic acid groups (broad SMARTS) is 2. The van der Waals surface area contributed by atoms with E-state index in [1.807, 2.05) is 0 Å². The van der Waals surface area contributed by atoms with Crippen LogP contribution in [0.3, 0.4) is 0 Å². The van der Waals surface area contributed by atoms with E-state index in [0.717, 1.165) is 12.2 Å². The number of hydrogen-bond acceptors (Lipinski definition) is 4. The summed E-state index contributed by atoms with van der Waals surface area (Å²) in [4.78, 5) is 22.2. The molecule has 0 fully saturated rings. The predicted molar refractivity (Wildman–Crippen MR) is 69.8 cm³/mol. The standard InChI is InChI=1S/C10H14O7S.Li.H/c1-3-5-7(8(11)12)10(6-4-2,9(13)14)18(15,16)17;;/h3-4,7H,1-2,5-6H2,(H,11,12)(H,13,14)(H,15,16,17);;. The molecule has 0 aliphatic carbocycles. The van der Waals surface area contributed by atoms with Crippen LogP contribution in [0.4, 0.5) is 0 Å². The summed E-state index contributed by atoms with van der Waals surface area (Å²) < 4.78 is 28.9. The second-order valence-electron chi connectivity index (χ2n) is 3.58. The molecule has 0 spiro atoms. The molecular weight excluding hydrogens is 271 g/mol. The molecule has 0 saturated carbocycles. The van der Waals surface area contributed by atoms with Crippen molar-refractivity contribution in [1.82, 2.24) is 0 Å². The SMILES string of the molecule is C=CCC(C(=O)O)C(CC=C)(C(=O)O)S(=O)(=O)O.[LiH]. The summed E-state index contributed by atoms with van der Waals surface area (Å²) in [5.74, 6) is -5.46. The molecule has 0 aromatic carbocycles. The maximum absolute atomic E-state index is 11.3. The summed E-state index contributed by atoms with van der Waals surface area (Å²) in [5.41, 5.74) is 0. The Labute approximate surface area is 122 Å². The zero-order chi connectivity index (χ0) is 14.6. The number of aliphatic carboxylic acids is 2. The Kier molecular flexibility index (Phi) is 7.99. The van der Waals surface area contributed by atoms with E-state index in [1.165, 1.54) is 0 Å². The van der Waals surface area contributed by atoms with Gasteiger partial charge in [0.1, 0.15) is 0 Å². The van der Waals surface area contributed by atoms with E-state index in [9.17, 15) is 18.0 Å². The van der Waals surface area contributed by atoms with Gasteiger partial charge in [-0.15, -0.1) is 13.2 Å².